The van der Waals surface area contributed by atoms with Crippen molar-refractivity contribution in [1.29, 1.82) is 0 Å². The predicted octanol–water partition coefficient (Wildman–Crippen LogP) is 0.124. The summed E-state index contributed by atoms with van der Waals surface area (Å²) in [6.45, 7) is 0.303. The Labute approximate surface area is 107 Å². The smallest absolute Gasteiger partial charge is 0.356 e. The molecular formula is C11H11N3O5. The van der Waals surface area contributed by atoms with E-state index in [0.717, 1.165) is 16.8 Å². The average molecular weight is 265 g/mol. The molecule has 0 aliphatic rings. The fourth-order valence-corrected chi connectivity index (χ4v) is 1.47. The third-order valence-electron chi connectivity index (χ3n) is 2.29. The highest BCUT2D eigenvalue weighted by Crippen LogP contribution is 2.05. The van der Waals surface area contributed by atoms with Gasteiger partial charge in [-0.15, -0.1) is 0 Å². The van der Waals surface area contributed by atoms with Gasteiger partial charge >= 0.3 is 5.97 Å². The minimum atomic E-state index is -1.20. The van der Waals surface area contributed by atoms with Crippen LogP contribution in [0.25, 0.3) is 0 Å². The Morgan fingerprint density at radius 2 is 2.32 bits per heavy atom. The van der Waals surface area contributed by atoms with Crippen LogP contribution in [0, 0.1) is 0 Å². The maximum absolute atomic E-state index is 11.6. The van der Waals surface area contributed by atoms with Gasteiger partial charge in [-0.3, -0.25) is 4.79 Å². The Balaban J connectivity index is 2.24. The van der Waals surface area contributed by atoms with Crippen LogP contribution < -0.4 is 5.56 Å². The Kier molecular flexibility index (Phi) is 3.71. The van der Waals surface area contributed by atoms with E-state index in [2.05, 4.69) is 10.3 Å². The van der Waals surface area contributed by atoms with Gasteiger partial charge in [-0.05, 0) is 6.07 Å². The molecule has 0 radical (unpaired) electrons. The number of nitrogens with zero attached hydrogens (tertiary/aromatic N) is 3. The molecule has 2 rings (SSSR count). The van der Waals surface area contributed by atoms with E-state index < -0.39 is 11.5 Å². The lowest BCUT2D eigenvalue weighted by molar-refractivity contribution is 0.0687. The van der Waals surface area contributed by atoms with Crippen LogP contribution in [-0.2, 0) is 17.9 Å². The molecule has 0 bridgehead atoms. The molecule has 2 aromatic heterocycles. The summed E-state index contributed by atoms with van der Waals surface area (Å²) in [5.74, 6) is -0.686. The fourth-order valence-electron chi connectivity index (χ4n) is 1.47. The minimum Gasteiger partial charge on any atom is -0.476 e. The molecule has 19 heavy (non-hydrogen) atoms. The van der Waals surface area contributed by atoms with Crippen LogP contribution in [-0.4, -0.2) is 33.1 Å². The molecule has 0 amide bonds. The van der Waals surface area contributed by atoms with Crippen molar-refractivity contribution in [3.05, 3.63) is 45.7 Å². The van der Waals surface area contributed by atoms with Gasteiger partial charge in [-0.25, -0.2) is 9.48 Å². The summed E-state index contributed by atoms with van der Waals surface area (Å²) in [5, 5.41) is 16.3. The molecule has 1 N–H and O–H groups in total. The van der Waals surface area contributed by atoms with Crippen molar-refractivity contribution in [2.45, 2.75) is 13.2 Å². The third kappa shape index (κ3) is 3.05. The molecule has 0 aliphatic carbocycles. The number of methoxy groups -OCH3 is 1. The molecule has 100 valence electrons. The lowest BCUT2D eigenvalue weighted by Crippen LogP contribution is -2.24. The first kappa shape index (κ1) is 13.0. The number of carboxylic acid groups (broad SMARTS) is 1. The second-order valence-corrected chi connectivity index (χ2v) is 3.74. The van der Waals surface area contributed by atoms with Gasteiger partial charge in [0.15, 0.2) is 11.5 Å². The van der Waals surface area contributed by atoms with Crippen LogP contribution in [0.3, 0.4) is 0 Å². The number of hydrogen-bond donors (Lipinski definition) is 1. The maximum Gasteiger partial charge on any atom is 0.356 e. The topological polar surface area (TPSA) is 107 Å². The Morgan fingerprint density at radius 1 is 1.53 bits per heavy atom. The number of rotatable bonds is 5. The summed E-state index contributed by atoms with van der Waals surface area (Å²) >= 11 is 0. The molecule has 0 aliphatic heterocycles. The highest BCUT2D eigenvalue weighted by atomic mass is 16.5. The molecule has 2 aromatic rings. The highest BCUT2D eigenvalue weighted by Gasteiger charge is 2.10. The van der Waals surface area contributed by atoms with Gasteiger partial charge < -0.3 is 14.4 Å². The normalized spacial score (nSPS) is 10.6. The Hall–Kier alpha value is -2.48. The second kappa shape index (κ2) is 5.44. The van der Waals surface area contributed by atoms with E-state index in [9.17, 15) is 9.59 Å². The van der Waals surface area contributed by atoms with Crippen LogP contribution in [0.4, 0.5) is 0 Å². The zero-order valence-corrected chi connectivity index (χ0v) is 10.1. The average Bonchev–Trinajstić information content (AvgIpc) is 2.80. The molecular weight excluding hydrogens is 254 g/mol. The van der Waals surface area contributed by atoms with Gasteiger partial charge in [0.2, 0.25) is 0 Å². The van der Waals surface area contributed by atoms with Crippen LogP contribution in [0.2, 0.25) is 0 Å². The summed E-state index contributed by atoms with van der Waals surface area (Å²) in [7, 11) is 1.52. The maximum atomic E-state index is 11.6. The van der Waals surface area contributed by atoms with E-state index in [1.54, 1.807) is 6.07 Å². The quantitative estimate of drug-likeness (QED) is 0.818. The van der Waals surface area contributed by atoms with Crippen molar-refractivity contribution in [1.82, 2.24) is 14.9 Å². The van der Waals surface area contributed by atoms with Crippen LogP contribution in [0.1, 0.15) is 21.9 Å². The van der Waals surface area contributed by atoms with Crippen molar-refractivity contribution >= 4 is 5.97 Å². The molecule has 0 saturated heterocycles. The third-order valence-corrected chi connectivity index (χ3v) is 2.29. The van der Waals surface area contributed by atoms with Gasteiger partial charge in [-0.1, -0.05) is 5.16 Å². The Bertz CT molecular complexity index is 646. The van der Waals surface area contributed by atoms with E-state index in [4.69, 9.17) is 14.4 Å². The summed E-state index contributed by atoms with van der Waals surface area (Å²) in [6.07, 6.45) is 0. The van der Waals surface area contributed by atoms with Gasteiger partial charge in [0.05, 0.1) is 6.54 Å². The molecule has 0 fully saturated rings. The zero-order valence-electron chi connectivity index (χ0n) is 10.1. The van der Waals surface area contributed by atoms with E-state index in [1.807, 2.05) is 0 Å². The molecule has 0 spiro atoms. The van der Waals surface area contributed by atoms with Crippen molar-refractivity contribution in [2.75, 3.05) is 7.11 Å². The lowest BCUT2D eigenvalue weighted by atomic mass is 10.3. The largest absolute Gasteiger partial charge is 0.476 e. The lowest BCUT2D eigenvalue weighted by Gasteiger charge is -2.01. The first-order valence-corrected chi connectivity index (χ1v) is 5.35. The molecule has 0 aromatic carbocycles. The van der Waals surface area contributed by atoms with Crippen LogP contribution in [0.15, 0.2) is 27.5 Å². The van der Waals surface area contributed by atoms with Gasteiger partial charge in [0.1, 0.15) is 12.3 Å². The molecule has 8 nitrogen and oxygen atoms in total. The number of carbonyl (C=O) groups is 1. The predicted molar refractivity (Wildman–Crippen MR) is 61.8 cm³/mol. The molecule has 0 atom stereocenters. The second-order valence-electron chi connectivity index (χ2n) is 3.74. The molecule has 8 heteroatoms. The number of ether oxygens (including phenoxy) is 1. The van der Waals surface area contributed by atoms with Crippen molar-refractivity contribution in [3.8, 4) is 0 Å². The first-order valence-electron chi connectivity index (χ1n) is 5.35. The number of aromatic carboxylic acids is 1. The Morgan fingerprint density at radius 3 is 3.00 bits per heavy atom. The highest BCUT2D eigenvalue weighted by molar-refractivity contribution is 5.84. The zero-order chi connectivity index (χ0) is 13.8. The standard InChI is InChI=1S/C11H11N3O5/c1-18-6-8-4-7(13-19-8)5-14-10(15)3-2-9(12-14)11(16)17/h2-4H,5-6H2,1H3,(H,16,17). The molecule has 2 heterocycles. The first-order chi connectivity index (χ1) is 9.10. The minimum absolute atomic E-state index is 0.0349. The van der Waals surface area contributed by atoms with Crippen molar-refractivity contribution < 1.29 is 19.2 Å². The molecule has 0 unspecified atom stereocenters. The summed E-state index contributed by atoms with van der Waals surface area (Å²) in [6, 6.07) is 3.91. The summed E-state index contributed by atoms with van der Waals surface area (Å²) in [4.78, 5) is 22.3. The van der Waals surface area contributed by atoms with E-state index in [-0.39, 0.29) is 18.8 Å². The summed E-state index contributed by atoms with van der Waals surface area (Å²) < 4.78 is 10.8. The van der Waals surface area contributed by atoms with Crippen LogP contribution >= 0.6 is 0 Å². The van der Waals surface area contributed by atoms with Crippen molar-refractivity contribution in [3.63, 3.8) is 0 Å². The molecule has 0 saturated carbocycles. The number of aromatic nitrogens is 3. The monoisotopic (exact) mass is 265 g/mol. The van der Waals surface area contributed by atoms with Gasteiger partial charge in [-0.2, -0.15) is 5.10 Å². The van der Waals surface area contributed by atoms with E-state index >= 15 is 0 Å². The fraction of sp³-hybridized carbons (Fsp3) is 0.273. The van der Waals surface area contributed by atoms with E-state index in [1.165, 1.54) is 7.11 Å². The summed E-state index contributed by atoms with van der Waals surface area (Å²) in [5.41, 5.74) is -0.161. The van der Waals surface area contributed by atoms with Crippen LogP contribution in [0.5, 0.6) is 0 Å². The SMILES string of the molecule is COCc1cc(Cn2nc(C(=O)O)ccc2=O)no1. The van der Waals surface area contributed by atoms with E-state index in [0.29, 0.717) is 11.5 Å². The van der Waals surface area contributed by atoms with Gasteiger partial charge in [0, 0.05) is 19.2 Å². The van der Waals surface area contributed by atoms with Gasteiger partial charge in [0.25, 0.3) is 5.56 Å². The number of hydrogen-bond acceptors (Lipinski definition) is 6. The number of carboxylic acids is 1. The van der Waals surface area contributed by atoms with Crippen molar-refractivity contribution in [2.24, 2.45) is 0 Å².